The first kappa shape index (κ1) is 17.0. The molecular weight excluding hydrogens is 310 g/mol. The number of carbonyl (C=O) groups is 1. The average Bonchev–Trinajstić information content (AvgIpc) is 2.56. The van der Waals surface area contributed by atoms with E-state index < -0.39 is 0 Å². The minimum Gasteiger partial charge on any atom is -0.354 e. The first-order valence-electron chi connectivity index (χ1n) is 7.37. The van der Waals surface area contributed by atoms with E-state index in [1.165, 1.54) is 5.56 Å². The summed E-state index contributed by atoms with van der Waals surface area (Å²) in [5.41, 5.74) is 1.33. The molecule has 1 N–H and O–H groups in total. The second-order valence-electron chi connectivity index (χ2n) is 4.90. The maximum Gasteiger partial charge on any atom is 0.233 e. The van der Waals surface area contributed by atoms with E-state index >= 15 is 0 Å². The smallest absolute Gasteiger partial charge is 0.233 e. The zero-order valence-electron chi connectivity index (χ0n) is 12.7. The van der Waals surface area contributed by atoms with Gasteiger partial charge in [-0.05, 0) is 24.6 Å². The molecule has 0 saturated heterocycles. The predicted octanol–water partition coefficient (Wildman–Crippen LogP) is 4.22. The molecule has 0 saturated carbocycles. The molecule has 22 heavy (non-hydrogen) atoms. The fraction of sp³-hybridized carbons (Fsp3) is 0.278. The minimum atomic E-state index is -0.0680. The SMILES string of the molecule is C[C@@H](Sc1ccccc1)C(=O)NCCSCc1ccccc1. The number of nitrogens with one attached hydrogen (secondary N) is 1. The molecule has 2 aromatic rings. The van der Waals surface area contributed by atoms with E-state index in [0.29, 0.717) is 0 Å². The van der Waals surface area contributed by atoms with Crippen molar-refractivity contribution in [3.63, 3.8) is 0 Å². The highest BCUT2D eigenvalue weighted by Crippen LogP contribution is 2.22. The third-order valence-electron chi connectivity index (χ3n) is 3.08. The molecule has 0 spiro atoms. The molecule has 0 aliphatic carbocycles. The van der Waals surface area contributed by atoms with Gasteiger partial charge in [0.25, 0.3) is 0 Å². The van der Waals surface area contributed by atoms with Crippen LogP contribution < -0.4 is 5.32 Å². The van der Waals surface area contributed by atoms with Crippen LogP contribution in [-0.4, -0.2) is 23.5 Å². The Balaban J connectivity index is 1.61. The minimum absolute atomic E-state index is 0.0680. The van der Waals surface area contributed by atoms with Crippen LogP contribution in [0.2, 0.25) is 0 Å². The highest BCUT2D eigenvalue weighted by Gasteiger charge is 2.13. The first-order chi connectivity index (χ1) is 10.8. The van der Waals surface area contributed by atoms with Crippen LogP contribution in [0.5, 0.6) is 0 Å². The summed E-state index contributed by atoms with van der Waals surface area (Å²) in [4.78, 5) is 13.2. The van der Waals surface area contributed by atoms with Crippen molar-refractivity contribution in [1.29, 1.82) is 0 Å². The molecule has 0 fully saturated rings. The van der Waals surface area contributed by atoms with Gasteiger partial charge in [0, 0.05) is 22.9 Å². The van der Waals surface area contributed by atoms with Crippen LogP contribution >= 0.6 is 23.5 Å². The molecule has 2 nitrogen and oxygen atoms in total. The first-order valence-corrected chi connectivity index (χ1v) is 9.40. The van der Waals surface area contributed by atoms with Gasteiger partial charge < -0.3 is 5.32 Å². The van der Waals surface area contributed by atoms with Crippen LogP contribution in [-0.2, 0) is 10.5 Å². The molecule has 0 bridgehead atoms. The molecule has 0 aliphatic heterocycles. The number of carbonyl (C=O) groups excluding carboxylic acids is 1. The summed E-state index contributed by atoms with van der Waals surface area (Å²) in [7, 11) is 0. The lowest BCUT2D eigenvalue weighted by molar-refractivity contribution is -0.120. The van der Waals surface area contributed by atoms with Crippen molar-refractivity contribution in [3.05, 3.63) is 66.2 Å². The highest BCUT2D eigenvalue weighted by atomic mass is 32.2. The molecule has 4 heteroatoms. The average molecular weight is 332 g/mol. The maximum atomic E-state index is 12.0. The number of hydrogen-bond acceptors (Lipinski definition) is 3. The van der Waals surface area contributed by atoms with Gasteiger partial charge >= 0.3 is 0 Å². The van der Waals surface area contributed by atoms with Gasteiger partial charge in [-0.25, -0.2) is 0 Å². The summed E-state index contributed by atoms with van der Waals surface area (Å²) < 4.78 is 0. The number of rotatable bonds is 8. The zero-order chi connectivity index (χ0) is 15.6. The van der Waals surface area contributed by atoms with Crippen molar-refractivity contribution in [1.82, 2.24) is 5.32 Å². The van der Waals surface area contributed by atoms with E-state index in [0.717, 1.165) is 22.9 Å². The van der Waals surface area contributed by atoms with Gasteiger partial charge in [-0.15, -0.1) is 11.8 Å². The third-order valence-corrected chi connectivity index (χ3v) is 5.22. The van der Waals surface area contributed by atoms with Crippen molar-refractivity contribution in [2.75, 3.05) is 12.3 Å². The Kier molecular flexibility index (Phi) is 7.40. The largest absolute Gasteiger partial charge is 0.354 e. The fourth-order valence-electron chi connectivity index (χ4n) is 1.91. The van der Waals surface area contributed by atoms with Crippen LogP contribution in [0.25, 0.3) is 0 Å². The monoisotopic (exact) mass is 331 g/mol. The van der Waals surface area contributed by atoms with Crippen LogP contribution in [0.15, 0.2) is 65.6 Å². The normalized spacial score (nSPS) is 11.9. The summed E-state index contributed by atoms with van der Waals surface area (Å²) in [6, 6.07) is 20.4. The summed E-state index contributed by atoms with van der Waals surface area (Å²) in [5.74, 6) is 2.03. The number of amides is 1. The lowest BCUT2D eigenvalue weighted by atomic mass is 10.2. The highest BCUT2D eigenvalue weighted by molar-refractivity contribution is 8.00. The number of benzene rings is 2. The van der Waals surface area contributed by atoms with Gasteiger partial charge in [-0.1, -0.05) is 48.5 Å². The third kappa shape index (κ3) is 6.16. The predicted molar refractivity (Wildman–Crippen MR) is 97.4 cm³/mol. The molecule has 2 aromatic carbocycles. The molecule has 0 heterocycles. The van der Waals surface area contributed by atoms with Gasteiger partial charge in [-0.2, -0.15) is 11.8 Å². The van der Waals surface area contributed by atoms with Gasteiger partial charge in [-0.3, -0.25) is 4.79 Å². The van der Waals surface area contributed by atoms with Gasteiger partial charge in [0.05, 0.1) is 5.25 Å². The van der Waals surface area contributed by atoms with Gasteiger partial charge in [0.1, 0.15) is 0 Å². The number of hydrogen-bond donors (Lipinski definition) is 1. The zero-order valence-corrected chi connectivity index (χ0v) is 14.3. The Hall–Kier alpha value is -1.39. The molecule has 1 atom stereocenters. The van der Waals surface area contributed by atoms with E-state index in [4.69, 9.17) is 0 Å². The molecular formula is C18H21NOS2. The van der Waals surface area contributed by atoms with Crippen LogP contribution in [0.3, 0.4) is 0 Å². The van der Waals surface area contributed by atoms with Gasteiger partial charge in [0.15, 0.2) is 0 Å². The van der Waals surface area contributed by atoms with E-state index in [1.54, 1.807) is 11.8 Å². The van der Waals surface area contributed by atoms with Crippen LogP contribution in [0.4, 0.5) is 0 Å². The van der Waals surface area contributed by atoms with Gasteiger partial charge in [0.2, 0.25) is 5.91 Å². The van der Waals surface area contributed by atoms with Crippen molar-refractivity contribution in [2.24, 2.45) is 0 Å². The topological polar surface area (TPSA) is 29.1 Å². The number of thioether (sulfide) groups is 2. The maximum absolute atomic E-state index is 12.0. The molecule has 0 aromatic heterocycles. The van der Waals surface area contributed by atoms with Crippen molar-refractivity contribution in [2.45, 2.75) is 22.8 Å². The summed E-state index contributed by atoms with van der Waals surface area (Å²) in [6.07, 6.45) is 0. The van der Waals surface area contributed by atoms with Crippen LogP contribution in [0.1, 0.15) is 12.5 Å². The Bertz CT molecular complexity index is 560. The summed E-state index contributed by atoms with van der Waals surface area (Å²) >= 11 is 3.44. The Labute approximate surface area is 141 Å². The van der Waals surface area contributed by atoms with Crippen molar-refractivity contribution < 1.29 is 4.79 Å². The molecule has 2 rings (SSSR count). The molecule has 0 aliphatic rings. The molecule has 0 radical (unpaired) electrons. The van der Waals surface area contributed by atoms with Crippen LogP contribution in [0, 0.1) is 0 Å². The Morgan fingerprint density at radius 2 is 1.68 bits per heavy atom. The van der Waals surface area contributed by atoms with E-state index in [-0.39, 0.29) is 11.2 Å². The lowest BCUT2D eigenvalue weighted by Crippen LogP contribution is -2.32. The molecule has 1 amide bonds. The Morgan fingerprint density at radius 1 is 1.05 bits per heavy atom. The van der Waals surface area contributed by atoms with E-state index in [1.807, 2.05) is 55.1 Å². The van der Waals surface area contributed by atoms with Crippen molar-refractivity contribution in [3.8, 4) is 0 Å². The second kappa shape index (κ2) is 9.59. The molecule has 0 unspecified atom stereocenters. The van der Waals surface area contributed by atoms with Crippen molar-refractivity contribution >= 4 is 29.4 Å². The quantitative estimate of drug-likeness (QED) is 0.580. The molecule has 116 valence electrons. The Morgan fingerprint density at radius 3 is 2.36 bits per heavy atom. The second-order valence-corrected chi connectivity index (χ2v) is 7.42. The lowest BCUT2D eigenvalue weighted by Gasteiger charge is -2.11. The summed E-state index contributed by atoms with van der Waals surface area (Å²) in [6.45, 7) is 2.67. The standard InChI is InChI=1S/C18H21NOS2/c1-15(22-17-10-6-3-7-11-17)18(20)19-12-13-21-14-16-8-4-2-5-9-16/h2-11,15H,12-14H2,1H3,(H,19,20)/t15-/m1/s1. The fourth-order valence-corrected chi connectivity index (χ4v) is 3.64. The summed E-state index contributed by atoms with van der Waals surface area (Å²) in [5, 5.41) is 2.94. The van der Waals surface area contributed by atoms with E-state index in [9.17, 15) is 4.79 Å². The van der Waals surface area contributed by atoms with E-state index in [2.05, 4.69) is 29.6 Å².